The van der Waals surface area contributed by atoms with Crippen molar-refractivity contribution in [1.29, 1.82) is 0 Å². The lowest BCUT2D eigenvalue weighted by atomic mass is 9.79. The fourth-order valence-electron chi connectivity index (χ4n) is 1.90. The molecule has 1 rings (SSSR count). The molecule has 6 nitrogen and oxygen atoms in total. The van der Waals surface area contributed by atoms with Gasteiger partial charge in [-0.05, 0) is 33.6 Å². The van der Waals surface area contributed by atoms with Crippen LogP contribution in [-0.2, 0) is 9.53 Å². The van der Waals surface area contributed by atoms with Gasteiger partial charge in [0.15, 0.2) is 5.96 Å². The molecule has 1 fully saturated rings. The number of hydrogen-bond donors (Lipinski definition) is 3. The van der Waals surface area contributed by atoms with Gasteiger partial charge in [-0.15, -0.1) is 0 Å². The van der Waals surface area contributed by atoms with Crippen molar-refractivity contribution >= 4 is 11.9 Å². The van der Waals surface area contributed by atoms with Crippen molar-refractivity contribution in [3.63, 3.8) is 0 Å². The third kappa shape index (κ3) is 4.18. The van der Waals surface area contributed by atoms with E-state index in [2.05, 4.69) is 10.3 Å². The molecule has 1 amide bonds. The Hall–Kier alpha value is -1.30. The topological polar surface area (TPSA) is 103 Å². The van der Waals surface area contributed by atoms with E-state index in [0.717, 1.165) is 0 Å². The summed E-state index contributed by atoms with van der Waals surface area (Å²) in [4.78, 5) is 15.9. The number of nitrogens with one attached hydrogen (secondary N) is 1. The summed E-state index contributed by atoms with van der Waals surface area (Å²) in [5.41, 5.74) is 10.5. The van der Waals surface area contributed by atoms with Crippen molar-refractivity contribution in [3.8, 4) is 0 Å². The zero-order valence-electron chi connectivity index (χ0n) is 11.5. The first-order valence-corrected chi connectivity index (χ1v) is 6.21. The maximum absolute atomic E-state index is 11.6. The minimum Gasteiger partial charge on any atom is -0.381 e. The molecule has 1 saturated heterocycles. The van der Waals surface area contributed by atoms with Gasteiger partial charge in [0, 0.05) is 18.8 Å². The third-order valence-electron chi connectivity index (χ3n) is 3.03. The van der Waals surface area contributed by atoms with E-state index in [1.807, 2.05) is 20.8 Å². The number of nitrogens with zero attached hydrogens (tertiary/aromatic N) is 1. The number of carbonyl (C=O) groups excluding carboxylic acids is 1. The van der Waals surface area contributed by atoms with Crippen LogP contribution in [0.25, 0.3) is 0 Å². The Balaban J connectivity index is 2.67. The van der Waals surface area contributed by atoms with Crippen molar-refractivity contribution < 1.29 is 9.53 Å². The molecule has 0 unspecified atom stereocenters. The van der Waals surface area contributed by atoms with Crippen LogP contribution in [0.2, 0.25) is 0 Å². The minimum absolute atomic E-state index is 0.150. The number of hydrogen-bond acceptors (Lipinski definition) is 3. The van der Waals surface area contributed by atoms with Crippen molar-refractivity contribution in [2.24, 2.45) is 21.9 Å². The number of guanidine groups is 1. The Morgan fingerprint density at radius 3 is 2.33 bits per heavy atom. The molecule has 0 spiro atoms. The van der Waals surface area contributed by atoms with Crippen molar-refractivity contribution in [1.82, 2.24) is 5.32 Å². The first-order chi connectivity index (χ1) is 8.25. The lowest BCUT2D eigenvalue weighted by molar-refractivity contribution is -0.132. The molecule has 0 atom stereocenters. The van der Waals surface area contributed by atoms with Crippen LogP contribution in [-0.4, -0.2) is 37.2 Å². The van der Waals surface area contributed by atoms with Crippen LogP contribution >= 0.6 is 0 Å². The van der Waals surface area contributed by atoms with E-state index in [-0.39, 0.29) is 11.4 Å². The van der Waals surface area contributed by atoms with Gasteiger partial charge in [-0.1, -0.05) is 0 Å². The second kappa shape index (κ2) is 5.56. The van der Waals surface area contributed by atoms with E-state index in [1.165, 1.54) is 0 Å². The van der Waals surface area contributed by atoms with Gasteiger partial charge in [0.05, 0.1) is 12.0 Å². The predicted octanol–water partition coefficient (Wildman–Crippen LogP) is -0.0287. The Morgan fingerprint density at radius 2 is 1.89 bits per heavy atom. The Kier molecular flexibility index (Phi) is 4.56. The van der Waals surface area contributed by atoms with Gasteiger partial charge < -0.3 is 21.5 Å². The van der Waals surface area contributed by atoms with Crippen LogP contribution in [0.5, 0.6) is 0 Å². The molecule has 1 heterocycles. The zero-order valence-corrected chi connectivity index (χ0v) is 11.5. The lowest BCUT2D eigenvalue weighted by Gasteiger charge is -2.33. The van der Waals surface area contributed by atoms with Crippen LogP contribution in [0.3, 0.4) is 0 Å². The molecule has 0 aromatic rings. The van der Waals surface area contributed by atoms with E-state index in [9.17, 15) is 4.79 Å². The van der Waals surface area contributed by atoms with E-state index >= 15 is 0 Å². The SMILES string of the molecule is CC(C)(C)NC(N)=NCC1(C(N)=O)CCOCC1. The van der Waals surface area contributed by atoms with Gasteiger partial charge in [-0.3, -0.25) is 9.79 Å². The Bertz CT molecular complexity index is 327. The second-order valence-electron chi connectivity index (χ2n) is 5.83. The third-order valence-corrected chi connectivity index (χ3v) is 3.03. The number of ether oxygens (including phenoxy) is 1. The fourth-order valence-corrected chi connectivity index (χ4v) is 1.90. The summed E-state index contributed by atoms with van der Waals surface area (Å²) >= 11 is 0. The number of carbonyl (C=O) groups is 1. The van der Waals surface area contributed by atoms with Crippen molar-refractivity contribution in [3.05, 3.63) is 0 Å². The predicted molar refractivity (Wildman–Crippen MR) is 71.1 cm³/mol. The first kappa shape index (κ1) is 14.8. The van der Waals surface area contributed by atoms with Crippen LogP contribution in [0.1, 0.15) is 33.6 Å². The van der Waals surface area contributed by atoms with Crippen LogP contribution in [0, 0.1) is 5.41 Å². The molecule has 1 aliphatic rings. The molecule has 1 aliphatic heterocycles. The fraction of sp³-hybridized carbons (Fsp3) is 0.833. The first-order valence-electron chi connectivity index (χ1n) is 6.21. The molecule has 0 bridgehead atoms. The molecule has 0 aromatic carbocycles. The summed E-state index contributed by atoms with van der Waals surface area (Å²) in [6.45, 7) is 7.39. The number of nitrogens with two attached hydrogens (primary N) is 2. The molecule has 0 saturated carbocycles. The molecule has 0 radical (unpaired) electrons. The highest BCUT2D eigenvalue weighted by molar-refractivity contribution is 5.83. The molecule has 104 valence electrons. The van der Waals surface area contributed by atoms with Crippen LogP contribution in [0.4, 0.5) is 0 Å². The second-order valence-corrected chi connectivity index (χ2v) is 5.83. The molecular weight excluding hydrogens is 232 g/mol. The maximum Gasteiger partial charge on any atom is 0.225 e. The highest BCUT2D eigenvalue weighted by Crippen LogP contribution is 2.30. The number of aliphatic imine (C=N–C) groups is 1. The Labute approximate surface area is 108 Å². The zero-order chi connectivity index (χ0) is 13.8. The number of rotatable bonds is 3. The van der Waals surface area contributed by atoms with Crippen LogP contribution < -0.4 is 16.8 Å². The normalized spacial score (nSPS) is 20.5. The smallest absolute Gasteiger partial charge is 0.225 e. The summed E-state index contributed by atoms with van der Waals surface area (Å²) < 4.78 is 5.26. The average Bonchev–Trinajstić information content (AvgIpc) is 2.25. The standard InChI is InChI=1S/C12H24N4O2/c1-11(2,3)16-10(14)15-8-12(9(13)17)4-6-18-7-5-12/h4-8H2,1-3H3,(H2,13,17)(H3,14,15,16). The molecule has 0 aromatic heterocycles. The molecule has 6 heteroatoms. The largest absolute Gasteiger partial charge is 0.381 e. The van der Waals surface area contributed by atoms with Crippen molar-refractivity contribution in [2.75, 3.05) is 19.8 Å². The van der Waals surface area contributed by atoms with Gasteiger partial charge >= 0.3 is 0 Å². The highest BCUT2D eigenvalue weighted by Gasteiger charge is 2.38. The monoisotopic (exact) mass is 256 g/mol. The Morgan fingerprint density at radius 1 is 1.33 bits per heavy atom. The summed E-state index contributed by atoms with van der Waals surface area (Å²) in [5, 5.41) is 3.06. The summed E-state index contributed by atoms with van der Waals surface area (Å²) in [7, 11) is 0. The molecule has 0 aliphatic carbocycles. The maximum atomic E-state index is 11.6. The number of amides is 1. The lowest BCUT2D eigenvalue weighted by Crippen LogP contribution is -2.47. The van der Waals surface area contributed by atoms with E-state index < -0.39 is 5.41 Å². The summed E-state index contributed by atoms with van der Waals surface area (Å²) in [6, 6.07) is 0. The molecule has 18 heavy (non-hydrogen) atoms. The van der Waals surface area contributed by atoms with Gasteiger partial charge in [0.2, 0.25) is 5.91 Å². The highest BCUT2D eigenvalue weighted by atomic mass is 16.5. The molecule has 5 N–H and O–H groups in total. The molecular formula is C12H24N4O2. The van der Waals surface area contributed by atoms with E-state index in [4.69, 9.17) is 16.2 Å². The van der Waals surface area contributed by atoms with Gasteiger partial charge in [-0.25, -0.2) is 0 Å². The summed E-state index contributed by atoms with van der Waals surface area (Å²) in [6.07, 6.45) is 1.21. The van der Waals surface area contributed by atoms with Gasteiger partial charge in [-0.2, -0.15) is 0 Å². The average molecular weight is 256 g/mol. The quantitative estimate of drug-likeness (QED) is 0.487. The minimum atomic E-state index is -0.609. The van der Waals surface area contributed by atoms with Crippen LogP contribution in [0.15, 0.2) is 4.99 Å². The van der Waals surface area contributed by atoms with Gasteiger partial charge in [0.25, 0.3) is 0 Å². The number of primary amides is 1. The van der Waals surface area contributed by atoms with E-state index in [1.54, 1.807) is 0 Å². The van der Waals surface area contributed by atoms with E-state index in [0.29, 0.717) is 38.6 Å². The van der Waals surface area contributed by atoms with Gasteiger partial charge in [0.1, 0.15) is 0 Å². The van der Waals surface area contributed by atoms with Crippen molar-refractivity contribution in [2.45, 2.75) is 39.2 Å². The summed E-state index contributed by atoms with van der Waals surface area (Å²) in [5.74, 6) is 0.0210.